The maximum absolute atomic E-state index is 9.66. The number of hydrogen-bond acceptors (Lipinski definition) is 6. The van der Waals surface area contributed by atoms with Crippen molar-refractivity contribution in [3.63, 3.8) is 0 Å². The van der Waals surface area contributed by atoms with Crippen molar-refractivity contribution in [1.82, 2.24) is 5.32 Å². The summed E-state index contributed by atoms with van der Waals surface area (Å²) < 4.78 is 0. The summed E-state index contributed by atoms with van der Waals surface area (Å²) in [5.74, 6) is 0. The lowest BCUT2D eigenvalue weighted by Gasteiger charge is -2.31. The zero-order chi connectivity index (χ0) is 12.9. The lowest BCUT2D eigenvalue weighted by atomic mass is 9.91. The van der Waals surface area contributed by atoms with Gasteiger partial charge in [-0.2, -0.15) is 0 Å². The van der Waals surface area contributed by atoms with Crippen molar-refractivity contribution in [1.29, 1.82) is 0 Å². The van der Waals surface area contributed by atoms with Gasteiger partial charge in [0.2, 0.25) is 0 Å². The van der Waals surface area contributed by atoms with Gasteiger partial charge in [-0.1, -0.05) is 0 Å². The van der Waals surface area contributed by atoms with Crippen molar-refractivity contribution in [2.75, 3.05) is 13.7 Å². The van der Waals surface area contributed by atoms with E-state index >= 15 is 0 Å². The average Bonchev–Trinajstić information content (AvgIpc) is 2.25. The first-order valence-electron chi connectivity index (χ1n) is 5.27. The van der Waals surface area contributed by atoms with Gasteiger partial charge >= 0.3 is 0 Å². The van der Waals surface area contributed by atoms with Crippen LogP contribution in [-0.2, 0) is 0 Å². The fraction of sp³-hybridized carbons (Fsp3) is 1.00. The highest BCUT2D eigenvalue weighted by molar-refractivity contribution is 4.87. The first-order valence-corrected chi connectivity index (χ1v) is 5.27. The van der Waals surface area contributed by atoms with E-state index in [2.05, 4.69) is 5.32 Å². The molecule has 98 valence electrons. The van der Waals surface area contributed by atoms with Crippen molar-refractivity contribution in [2.24, 2.45) is 0 Å². The predicted molar refractivity (Wildman–Crippen MR) is 58.9 cm³/mol. The summed E-state index contributed by atoms with van der Waals surface area (Å²) in [6, 6.07) is 0. The van der Waals surface area contributed by atoms with E-state index in [-0.39, 0.29) is 6.42 Å². The molecule has 0 bridgehead atoms. The third-order valence-electron chi connectivity index (χ3n) is 2.72. The Labute approximate surface area is 95.5 Å². The quantitative estimate of drug-likeness (QED) is 0.300. The minimum absolute atomic E-state index is 0.208. The molecule has 6 nitrogen and oxygen atoms in total. The van der Waals surface area contributed by atoms with Crippen LogP contribution in [0.1, 0.15) is 20.3 Å². The van der Waals surface area contributed by atoms with Crippen LogP contribution >= 0.6 is 0 Å². The van der Waals surface area contributed by atoms with Gasteiger partial charge in [-0.25, -0.2) is 0 Å². The number of aliphatic hydroxyl groups is 5. The second-order valence-corrected chi connectivity index (χ2v) is 4.64. The average molecular weight is 237 g/mol. The summed E-state index contributed by atoms with van der Waals surface area (Å²) in [6.07, 6.45) is -5.48. The molecule has 0 rings (SSSR count). The van der Waals surface area contributed by atoms with Gasteiger partial charge in [-0.15, -0.1) is 0 Å². The Bertz CT molecular complexity index is 200. The van der Waals surface area contributed by atoms with E-state index in [4.69, 9.17) is 10.2 Å². The molecule has 0 heterocycles. The molecule has 16 heavy (non-hydrogen) atoms. The van der Waals surface area contributed by atoms with Gasteiger partial charge < -0.3 is 30.8 Å². The Morgan fingerprint density at radius 2 is 1.44 bits per heavy atom. The largest absolute Gasteiger partial charge is 0.394 e. The van der Waals surface area contributed by atoms with Gasteiger partial charge in [0.1, 0.15) is 18.3 Å². The molecule has 0 aromatic carbocycles. The minimum Gasteiger partial charge on any atom is -0.394 e. The topological polar surface area (TPSA) is 113 Å². The molecule has 0 saturated heterocycles. The summed E-state index contributed by atoms with van der Waals surface area (Å²) in [4.78, 5) is 0. The molecular formula is C10H23NO5. The van der Waals surface area contributed by atoms with Crippen molar-refractivity contribution >= 4 is 0 Å². The molecule has 0 aliphatic carbocycles. The van der Waals surface area contributed by atoms with Crippen LogP contribution in [0.25, 0.3) is 0 Å². The van der Waals surface area contributed by atoms with Gasteiger partial charge in [0.15, 0.2) is 0 Å². The monoisotopic (exact) mass is 237 g/mol. The zero-order valence-corrected chi connectivity index (χ0v) is 9.96. The number of hydrogen-bond donors (Lipinski definition) is 6. The third kappa shape index (κ3) is 4.73. The molecule has 0 aromatic heterocycles. The second-order valence-electron chi connectivity index (χ2n) is 4.64. The predicted octanol–water partition coefficient (Wildman–Crippen LogP) is -2.19. The normalized spacial score (nSPS) is 20.2. The second kappa shape index (κ2) is 6.48. The van der Waals surface area contributed by atoms with Gasteiger partial charge in [0.05, 0.1) is 12.7 Å². The molecule has 4 unspecified atom stereocenters. The first-order chi connectivity index (χ1) is 7.25. The summed E-state index contributed by atoms with van der Waals surface area (Å²) in [6.45, 7) is 3.00. The molecule has 0 saturated carbocycles. The van der Waals surface area contributed by atoms with Crippen LogP contribution in [-0.4, -0.2) is 69.1 Å². The molecule has 0 aliphatic rings. The summed E-state index contributed by atoms with van der Waals surface area (Å²) in [5.41, 5.74) is -0.399. The van der Waals surface area contributed by atoms with Gasteiger partial charge in [-0.3, -0.25) is 0 Å². The molecule has 0 aliphatic heterocycles. The molecule has 0 aromatic rings. The van der Waals surface area contributed by atoms with Crippen molar-refractivity contribution in [3.05, 3.63) is 0 Å². The highest BCUT2D eigenvalue weighted by Crippen LogP contribution is 2.16. The lowest BCUT2D eigenvalue weighted by molar-refractivity contribution is -0.119. The van der Waals surface area contributed by atoms with E-state index < -0.39 is 36.6 Å². The van der Waals surface area contributed by atoms with Crippen LogP contribution in [0.3, 0.4) is 0 Å². The maximum Gasteiger partial charge on any atom is 0.110 e. The maximum atomic E-state index is 9.66. The highest BCUT2D eigenvalue weighted by atomic mass is 16.4. The van der Waals surface area contributed by atoms with Crippen LogP contribution in [0.5, 0.6) is 0 Å². The Hall–Kier alpha value is -0.240. The van der Waals surface area contributed by atoms with E-state index in [1.54, 1.807) is 7.05 Å². The van der Waals surface area contributed by atoms with E-state index in [0.29, 0.717) is 0 Å². The van der Waals surface area contributed by atoms with Crippen LogP contribution in [0.2, 0.25) is 0 Å². The smallest absolute Gasteiger partial charge is 0.110 e. The summed E-state index contributed by atoms with van der Waals surface area (Å²) >= 11 is 0. The standard InChI is InChI=1S/C10H23NO5/c1-10(2,11-3)4-6(13)8(15)9(16)7(14)5-12/h6-9,11-16H,4-5H2,1-3H3. The molecular weight excluding hydrogens is 214 g/mol. The van der Waals surface area contributed by atoms with E-state index in [1.807, 2.05) is 13.8 Å². The molecule has 0 fully saturated rings. The molecule has 0 amide bonds. The van der Waals surface area contributed by atoms with E-state index in [9.17, 15) is 15.3 Å². The minimum atomic E-state index is -1.56. The Kier molecular flexibility index (Phi) is 6.39. The fourth-order valence-electron chi connectivity index (χ4n) is 1.31. The van der Waals surface area contributed by atoms with Gasteiger partial charge in [0, 0.05) is 5.54 Å². The first kappa shape index (κ1) is 15.8. The lowest BCUT2D eigenvalue weighted by Crippen LogP contribution is -2.49. The van der Waals surface area contributed by atoms with Crippen molar-refractivity contribution < 1.29 is 25.5 Å². The van der Waals surface area contributed by atoms with Gasteiger partial charge in [0.25, 0.3) is 0 Å². The van der Waals surface area contributed by atoms with Crippen molar-refractivity contribution in [3.8, 4) is 0 Å². The Morgan fingerprint density at radius 1 is 1.00 bits per heavy atom. The fourth-order valence-corrected chi connectivity index (χ4v) is 1.31. The third-order valence-corrected chi connectivity index (χ3v) is 2.72. The Balaban J connectivity index is 4.33. The van der Waals surface area contributed by atoms with Crippen LogP contribution in [0.15, 0.2) is 0 Å². The molecule has 6 heteroatoms. The number of rotatable bonds is 7. The zero-order valence-electron chi connectivity index (χ0n) is 9.96. The van der Waals surface area contributed by atoms with E-state index in [1.165, 1.54) is 0 Å². The Morgan fingerprint density at radius 3 is 1.81 bits per heavy atom. The van der Waals surface area contributed by atoms with Crippen LogP contribution in [0.4, 0.5) is 0 Å². The summed E-state index contributed by atoms with van der Waals surface area (Å²) in [7, 11) is 1.72. The highest BCUT2D eigenvalue weighted by Gasteiger charge is 2.32. The number of aliphatic hydroxyl groups excluding tert-OH is 5. The summed E-state index contributed by atoms with van der Waals surface area (Å²) in [5, 5.41) is 49.2. The van der Waals surface area contributed by atoms with E-state index in [0.717, 1.165) is 0 Å². The van der Waals surface area contributed by atoms with Crippen LogP contribution in [0, 0.1) is 0 Å². The van der Waals surface area contributed by atoms with Crippen LogP contribution < -0.4 is 5.32 Å². The molecule has 6 N–H and O–H groups in total. The molecule has 0 spiro atoms. The molecule has 0 radical (unpaired) electrons. The van der Waals surface area contributed by atoms with Gasteiger partial charge in [-0.05, 0) is 27.3 Å². The SMILES string of the molecule is CNC(C)(C)CC(O)C(O)C(O)C(O)CO. The molecule has 4 atom stereocenters. The number of nitrogens with one attached hydrogen (secondary N) is 1. The van der Waals surface area contributed by atoms with Crippen molar-refractivity contribution in [2.45, 2.75) is 50.2 Å².